The van der Waals surface area contributed by atoms with Gasteiger partial charge in [0.2, 0.25) is 12.2 Å². The Bertz CT molecular complexity index is 1830. The number of hydrogen-bond donors (Lipinski definition) is 4. The van der Waals surface area contributed by atoms with Crippen molar-refractivity contribution >= 4 is 64.5 Å². The lowest BCUT2D eigenvalue weighted by molar-refractivity contribution is -0.159. The molecule has 0 bridgehead atoms. The number of esters is 2. The molecule has 4 aromatic rings. The fourth-order valence-electron chi connectivity index (χ4n) is 3.98. The highest BCUT2D eigenvalue weighted by Crippen LogP contribution is 2.21. The second kappa shape index (κ2) is 15.5. The molecule has 0 saturated carbocycles. The quantitative estimate of drug-likeness (QED) is 0.135. The summed E-state index contributed by atoms with van der Waals surface area (Å²) in [5, 5.41) is 12.5. The SMILES string of the molecule is Cc1ccc(C(=O)Nc2ccc(C(=O)NNC(=O)[C@H](OC(=O)c3ccccc3Cl)[C@@H](OC(=O)c3ccccc3Cl)C(=O)O)cc2)cc1. The minimum atomic E-state index is -2.39. The van der Waals surface area contributed by atoms with Gasteiger partial charge in [0, 0.05) is 16.8 Å². The molecule has 4 aromatic carbocycles. The molecule has 2 atom stereocenters. The Morgan fingerprint density at radius 2 is 1.09 bits per heavy atom. The van der Waals surface area contributed by atoms with Crippen molar-refractivity contribution in [2.45, 2.75) is 19.1 Å². The Balaban J connectivity index is 1.48. The monoisotopic (exact) mass is 677 g/mol. The third-order valence-electron chi connectivity index (χ3n) is 6.45. The van der Waals surface area contributed by atoms with Gasteiger partial charge in [-0.05, 0) is 67.6 Å². The zero-order valence-electron chi connectivity index (χ0n) is 24.4. The Hall–Kier alpha value is -5.72. The maximum atomic E-state index is 13.2. The Labute approximate surface area is 277 Å². The van der Waals surface area contributed by atoms with Crippen LogP contribution in [0, 0.1) is 6.92 Å². The van der Waals surface area contributed by atoms with Crippen LogP contribution in [0.1, 0.15) is 47.0 Å². The largest absolute Gasteiger partial charge is 0.478 e. The molecule has 0 aromatic heterocycles. The van der Waals surface area contributed by atoms with Gasteiger partial charge < -0.3 is 19.9 Å². The summed E-state index contributed by atoms with van der Waals surface area (Å²) in [4.78, 5) is 76.5. The van der Waals surface area contributed by atoms with Gasteiger partial charge in [0.15, 0.2) is 0 Å². The van der Waals surface area contributed by atoms with E-state index in [0.29, 0.717) is 11.3 Å². The van der Waals surface area contributed by atoms with E-state index in [0.717, 1.165) is 5.56 Å². The summed E-state index contributed by atoms with van der Waals surface area (Å²) >= 11 is 12.1. The van der Waals surface area contributed by atoms with E-state index in [-0.39, 0.29) is 32.6 Å². The third kappa shape index (κ3) is 8.93. The molecule has 0 spiro atoms. The van der Waals surface area contributed by atoms with E-state index in [1.807, 2.05) is 12.3 Å². The van der Waals surface area contributed by atoms with E-state index in [2.05, 4.69) is 10.7 Å². The van der Waals surface area contributed by atoms with Crippen LogP contribution in [0.5, 0.6) is 0 Å². The molecule has 240 valence electrons. The van der Waals surface area contributed by atoms with E-state index in [1.54, 1.807) is 24.3 Å². The first kappa shape index (κ1) is 34.2. The molecule has 3 amide bonds. The van der Waals surface area contributed by atoms with Crippen molar-refractivity contribution in [3.05, 3.63) is 135 Å². The predicted molar refractivity (Wildman–Crippen MR) is 170 cm³/mol. The van der Waals surface area contributed by atoms with Crippen LogP contribution >= 0.6 is 23.2 Å². The van der Waals surface area contributed by atoms with Gasteiger partial charge in [-0.2, -0.15) is 0 Å². The highest BCUT2D eigenvalue weighted by molar-refractivity contribution is 6.34. The van der Waals surface area contributed by atoms with Crippen LogP contribution in [-0.2, 0) is 19.1 Å². The zero-order valence-corrected chi connectivity index (χ0v) is 25.9. The minimum absolute atomic E-state index is 0.0307. The molecule has 0 unspecified atom stereocenters. The van der Waals surface area contributed by atoms with Crippen molar-refractivity contribution in [2.75, 3.05) is 5.32 Å². The second-order valence-corrected chi connectivity index (χ2v) is 10.6. The number of carboxylic acids is 1. The summed E-state index contributed by atoms with van der Waals surface area (Å²) in [6, 6.07) is 23.7. The lowest BCUT2D eigenvalue weighted by Crippen LogP contribution is -2.54. The summed E-state index contributed by atoms with van der Waals surface area (Å²) in [6.07, 6.45) is -4.71. The van der Waals surface area contributed by atoms with Crippen molar-refractivity contribution in [3.63, 3.8) is 0 Å². The topological polar surface area (TPSA) is 177 Å². The standard InChI is InChI=1S/C33H25Cl2N3O9/c1-18-10-12-19(13-11-18)28(39)36-21-16-14-20(15-17-21)29(40)37-38-30(41)26(46-32(44)22-6-2-4-8-24(22)34)27(31(42)43)47-33(45)23-7-3-5-9-25(23)35/h2-17,26-27H,1H3,(H,36,39)(H,37,40)(H,38,41)(H,42,43)/t26-,27-/m1/s1. The molecular formula is C33H25Cl2N3O9. The Morgan fingerprint density at radius 1 is 0.617 bits per heavy atom. The Morgan fingerprint density at radius 3 is 1.60 bits per heavy atom. The van der Waals surface area contributed by atoms with Gasteiger partial charge in [-0.1, -0.05) is 65.2 Å². The minimum Gasteiger partial charge on any atom is -0.478 e. The molecular weight excluding hydrogens is 653 g/mol. The van der Waals surface area contributed by atoms with E-state index in [1.165, 1.54) is 72.8 Å². The number of nitrogens with one attached hydrogen (secondary N) is 3. The number of hydrogen-bond acceptors (Lipinski definition) is 8. The van der Waals surface area contributed by atoms with Crippen LogP contribution in [0.2, 0.25) is 10.0 Å². The normalized spacial score (nSPS) is 11.7. The maximum Gasteiger partial charge on any atom is 0.349 e. The van der Waals surface area contributed by atoms with Crippen LogP contribution in [0.25, 0.3) is 0 Å². The molecule has 4 N–H and O–H groups in total. The first-order valence-electron chi connectivity index (χ1n) is 13.7. The molecule has 0 radical (unpaired) electrons. The predicted octanol–water partition coefficient (Wildman–Crippen LogP) is 4.85. The lowest BCUT2D eigenvalue weighted by Gasteiger charge is -2.24. The number of carboxylic acid groups (broad SMARTS) is 1. The number of amides is 3. The van der Waals surface area contributed by atoms with Crippen LogP contribution < -0.4 is 16.2 Å². The van der Waals surface area contributed by atoms with Gasteiger partial charge in [-0.3, -0.25) is 25.2 Å². The van der Waals surface area contributed by atoms with Crippen molar-refractivity contribution in [3.8, 4) is 0 Å². The molecule has 0 aliphatic rings. The van der Waals surface area contributed by atoms with Crippen LogP contribution in [0.3, 0.4) is 0 Å². The summed E-state index contributed by atoms with van der Waals surface area (Å²) < 4.78 is 10.2. The first-order chi connectivity index (χ1) is 22.4. The summed E-state index contributed by atoms with van der Waals surface area (Å²) in [7, 11) is 0. The average molecular weight is 678 g/mol. The van der Waals surface area contributed by atoms with Crippen molar-refractivity contribution in [1.29, 1.82) is 0 Å². The van der Waals surface area contributed by atoms with Gasteiger partial charge in [0.1, 0.15) is 0 Å². The van der Waals surface area contributed by atoms with Crippen molar-refractivity contribution in [1.82, 2.24) is 10.9 Å². The van der Waals surface area contributed by atoms with E-state index < -0.39 is 41.9 Å². The fraction of sp³-hybridized carbons (Fsp3) is 0.0909. The molecule has 47 heavy (non-hydrogen) atoms. The highest BCUT2D eigenvalue weighted by Gasteiger charge is 2.41. The molecule has 0 aliphatic heterocycles. The van der Waals surface area contributed by atoms with Gasteiger partial charge in [-0.25, -0.2) is 14.4 Å². The molecule has 4 rings (SSSR count). The zero-order chi connectivity index (χ0) is 34.1. The van der Waals surface area contributed by atoms with Crippen molar-refractivity contribution < 1.29 is 43.3 Å². The number of carbonyl (C=O) groups excluding carboxylic acids is 5. The second-order valence-electron chi connectivity index (χ2n) is 9.79. The van der Waals surface area contributed by atoms with Gasteiger partial charge in [0.25, 0.3) is 17.7 Å². The number of aryl methyl sites for hydroxylation is 1. The molecule has 0 heterocycles. The van der Waals surface area contributed by atoms with Crippen LogP contribution in [0.15, 0.2) is 97.1 Å². The van der Waals surface area contributed by atoms with E-state index in [4.69, 9.17) is 32.7 Å². The van der Waals surface area contributed by atoms with Gasteiger partial charge >= 0.3 is 17.9 Å². The number of benzene rings is 4. The average Bonchev–Trinajstić information content (AvgIpc) is 3.05. The summed E-state index contributed by atoms with van der Waals surface area (Å²) in [5.41, 5.74) is 5.47. The fourth-order valence-corrected chi connectivity index (χ4v) is 4.41. The number of rotatable bonds is 10. The molecule has 0 fully saturated rings. The lowest BCUT2D eigenvalue weighted by atomic mass is 10.1. The molecule has 12 nitrogen and oxygen atoms in total. The molecule has 14 heteroatoms. The number of aliphatic carboxylic acids is 1. The van der Waals surface area contributed by atoms with E-state index >= 15 is 0 Å². The highest BCUT2D eigenvalue weighted by atomic mass is 35.5. The summed E-state index contributed by atoms with van der Waals surface area (Å²) in [6.45, 7) is 1.89. The van der Waals surface area contributed by atoms with Crippen molar-refractivity contribution in [2.24, 2.45) is 0 Å². The maximum absolute atomic E-state index is 13.2. The van der Waals surface area contributed by atoms with Crippen LogP contribution in [-0.4, -0.2) is 52.9 Å². The smallest absolute Gasteiger partial charge is 0.349 e. The Kier molecular flexibility index (Phi) is 11.3. The number of carbonyl (C=O) groups is 6. The van der Waals surface area contributed by atoms with Gasteiger partial charge in [-0.15, -0.1) is 0 Å². The van der Waals surface area contributed by atoms with Crippen LogP contribution in [0.4, 0.5) is 5.69 Å². The molecule has 0 aliphatic carbocycles. The van der Waals surface area contributed by atoms with Gasteiger partial charge in [0.05, 0.1) is 21.2 Å². The number of anilines is 1. The third-order valence-corrected chi connectivity index (χ3v) is 7.11. The first-order valence-corrected chi connectivity index (χ1v) is 14.4. The summed E-state index contributed by atoms with van der Waals surface area (Å²) in [5.74, 6) is -6.88. The van der Waals surface area contributed by atoms with E-state index in [9.17, 15) is 33.9 Å². The number of halogens is 2. The number of hydrazine groups is 1. The molecule has 0 saturated heterocycles. The number of ether oxygens (including phenoxy) is 2.